The van der Waals surface area contributed by atoms with E-state index >= 15 is 0 Å². The first kappa shape index (κ1) is 19.7. The van der Waals surface area contributed by atoms with Gasteiger partial charge in [-0.05, 0) is 49.4 Å². The quantitative estimate of drug-likeness (QED) is 0.686. The Bertz CT molecular complexity index is 656. The average molecular weight is 374 g/mol. The number of aliphatic hydroxyl groups is 1. The van der Waals surface area contributed by atoms with Crippen LogP contribution in [0.4, 0.5) is 5.69 Å². The molecule has 1 aromatic carbocycles. The summed E-state index contributed by atoms with van der Waals surface area (Å²) < 4.78 is 5.80. The van der Waals surface area contributed by atoms with Gasteiger partial charge in [0.15, 0.2) is 0 Å². The molecule has 2 N–H and O–H groups in total. The smallest absolute Gasteiger partial charge is 0.224 e. The lowest BCUT2D eigenvalue weighted by Gasteiger charge is -2.34. The van der Waals surface area contributed by atoms with Crippen molar-refractivity contribution in [3.8, 4) is 5.75 Å². The Morgan fingerprint density at radius 3 is 2.81 bits per heavy atom. The molecule has 0 bridgehead atoms. The molecule has 6 nitrogen and oxygen atoms in total. The number of aliphatic hydroxyl groups excluding tert-OH is 1. The monoisotopic (exact) mass is 374 g/mol. The third-order valence-corrected chi connectivity index (χ3v) is 5.45. The molecule has 148 valence electrons. The van der Waals surface area contributed by atoms with Crippen LogP contribution in [0.2, 0.25) is 0 Å². The number of fused-ring (bicyclic) bond motifs is 1. The summed E-state index contributed by atoms with van der Waals surface area (Å²) >= 11 is 0. The highest BCUT2D eigenvalue weighted by Gasteiger charge is 2.24. The molecule has 2 amide bonds. The molecule has 27 heavy (non-hydrogen) atoms. The molecule has 1 aliphatic heterocycles. The molecule has 2 aliphatic rings. The zero-order valence-electron chi connectivity index (χ0n) is 15.9. The highest BCUT2D eigenvalue weighted by molar-refractivity contribution is 5.94. The zero-order valence-corrected chi connectivity index (χ0v) is 15.9. The van der Waals surface area contributed by atoms with Crippen LogP contribution >= 0.6 is 0 Å². The predicted octanol–water partition coefficient (Wildman–Crippen LogP) is 2.88. The van der Waals surface area contributed by atoms with E-state index in [2.05, 4.69) is 5.32 Å². The van der Waals surface area contributed by atoms with Crippen molar-refractivity contribution in [2.45, 2.75) is 63.8 Å². The standard InChI is InChI=1S/C21H30N2O4/c24-13-12-23(17-5-2-1-3-6-17)21(26)7-4-14-27-18-9-10-19-16(15-18)8-11-20(25)22-19/h9-10,15,17,24H,1-8,11-14H2,(H,22,25). The number of hydrogen-bond acceptors (Lipinski definition) is 4. The van der Waals surface area contributed by atoms with Crippen LogP contribution in [0.5, 0.6) is 5.75 Å². The van der Waals surface area contributed by atoms with E-state index in [9.17, 15) is 14.7 Å². The van der Waals surface area contributed by atoms with Gasteiger partial charge in [0, 0.05) is 31.1 Å². The van der Waals surface area contributed by atoms with Gasteiger partial charge in [-0.1, -0.05) is 19.3 Å². The number of nitrogens with zero attached hydrogens (tertiary/aromatic N) is 1. The molecule has 1 saturated carbocycles. The number of ether oxygens (including phenoxy) is 1. The largest absolute Gasteiger partial charge is 0.494 e. The summed E-state index contributed by atoms with van der Waals surface area (Å²) in [6, 6.07) is 5.98. The van der Waals surface area contributed by atoms with Gasteiger partial charge in [0.25, 0.3) is 0 Å². The summed E-state index contributed by atoms with van der Waals surface area (Å²) in [5, 5.41) is 12.2. The van der Waals surface area contributed by atoms with E-state index in [0.717, 1.165) is 36.3 Å². The topological polar surface area (TPSA) is 78.9 Å². The fourth-order valence-corrected chi connectivity index (χ4v) is 4.02. The van der Waals surface area contributed by atoms with Gasteiger partial charge in [-0.3, -0.25) is 9.59 Å². The molecule has 1 heterocycles. The van der Waals surface area contributed by atoms with Crippen molar-refractivity contribution in [3.63, 3.8) is 0 Å². The van der Waals surface area contributed by atoms with Gasteiger partial charge in [-0.2, -0.15) is 0 Å². The van der Waals surface area contributed by atoms with Gasteiger partial charge >= 0.3 is 0 Å². The molecule has 0 radical (unpaired) electrons. The van der Waals surface area contributed by atoms with Crippen LogP contribution in [0, 0.1) is 0 Å². The number of nitrogens with one attached hydrogen (secondary N) is 1. The number of rotatable bonds is 8. The summed E-state index contributed by atoms with van der Waals surface area (Å²) in [6.07, 6.45) is 8.02. The Balaban J connectivity index is 1.44. The molecule has 0 atom stereocenters. The van der Waals surface area contributed by atoms with E-state index in [1.54, 1.807) is 0 Å². The second-order valence-electron chi connectivity index (χ2n) is 7.42. The number of carbonyl (C=O) groups excluding carboxylic acids is 2. The van der Waals surface area contributed by atoms with Crippen LogP contribution in [0.15, 0.2) is 18.2 Å². The number of carbonyl (C=O) groups is 2. The fourth-order valence-electron chi connectivity index (χ4n) is 4.02. The van der Waals surface area contributed by atoms with E-state index in [1.807, 2.05) is 23.1 Å². The minimum atomic E-state index is 0.0183. The molecule has 0 aromatic heterocycles. The van der Waals surface area contributed by atoms with Crippen molar-refractivity contribution < 1.29 is 19.4 Å². The number of amides is 2. The lowest BCUT2D eigenvalue weighted by molar-refractivity contribution is -0.135. The first-order chi connectivity index (χ1) is 13.2. The zero-order chi connectivity index (χ0) is 19.1. The maximum Gasteiger partial charge on any atom is 0.224 e. The van der Waals surface area contributed by atoms with Gasteiger partial charge in [0.1, 0.15) is 5.75 Å². The molecular weight excluding hydrogens is 344 g/mol. The van der Waals surface area contributed by atoms with Gasteiger partial charge in [-0.25, -0.2) is 0 Å². The molecule has 6 heteroatoms. The van der Waals surface area contributed by atoms with E-state index in [0.29, 0.717) is 32.4 Å². The van der Waals surface area contributed by atoms with Crippen LogP contribution < -0.4 is 10.1 Å². The molecule has 3 rings (SSSR count). The molecule has 0 unspecified atom stereocenters. The van der Waals surface area contributed by atoms with Gasteiger partial charge in [0.2, 0.25) is 11.8 Å². The van der Waals surface area contributed by atoms with Crippen LogP contribution in [0.25, 0.3) is 0 Å². The number of benzene rings is 1. The molecule has 1 fully saturated rings. The minimum Gasteiger partial charge on any atom is -0.494 e. The van der Waals surface area contributed by atoms with Gasteiger partial charge < -0.3 is 20.1 Å². The Morgan fingerprint density at radius 1 is 1.22 bits per heavy atom. The van der Waals surface area contributed by atoms with E-state index < -0.39 is 0 Å². The van der Waals surface area contributed by atoms with Crippen molar-refractivity contribution in [3.05, 3.63) is 23.8 Å². The third-order valence-electron chi connectivity index (χ3n) is 5.45. The Hall–Kier alpha value is -2.08. The van der Waals surface area contributed by atoms with Crippen molar-refractivity contribution in [1.82, 2.24) is 4.90 Å². The first-order valence-corrected chi connectivity index (χ1v) is 10.1. The Morgan fingerprint density at radius 2 is 2.04 bits per heavy atom. The number of anilines is 1. The highest BCUT2D eigenvalue weighted by atomic mass is 16.5. The maximum atomic E-state index is 12.6. The number of aryl methyl sites for hydroxylation is 1. The highest BCUT2D eigenvalue weighted by Crippen LogP contribution is 2.27. The first-order valence-electron chi connectivity index (χ1n) is 10.1. The van der Waals surface area contributed by atoms with Crippen molar-refractivity contribution in [2.24, 2.45) is 0 Å². The lowest BCUT2D eigenvalue weighted by atomic mass is 9.94. The van der Waals surface area contributed by atoms with Crippen molar-refractivity contribution in [2.75, 3.05) is 25.1 Å². The normalized spacial score (nSPS) is 17.1. The second kappa shape index (κ2) is 9.74. The van der Waals surface area contributed by atoms with Crippen LogP contribution in [-0.2, 0) is 16.0 Å². The fraction of sp³-hybridized carbons (Fsp3) is 0.619. The van der Waals surface area contributed by atoms with E-state index in [4.69, 9.17) is 4.74 Å². The van der Waals surface area contributed by atoms with Crippen molar-refractivity contribution in [1.29, 1.82) is 0 Å². The summed E-state index contributed by atoms with van der Waals surface area (Å²) in [5.74, 6) is 0.949. The maximum absolute atomic E-state index is 12.6. The molecule has 0 saturated heterocycles. The Kier molecular flexibility index (Phi) is 7.10. The van der Waals surface area contributed by atoms with Gasteiger partial charge in [-0.15, -0.1) is 0 Å². The van der Waals surface area contributed by atoms with Crippen molar-refractivity contribution >= 4 is 17.5 Å². The third kappa shape index (κ3) is 5.45. The number of hydrogen-bond donors (Lipinski definition) is 2. The van der Waals surface area contributed by atoms with Gasteiger partial charge in [0.05, 0.1) is 13.2 Å². The summed E-state index contributed by atoms with van der Waals surface area (Å²) in [6.45, 7) is 0.930. The summed E-state index contributed by atoms with van der Waals surface area (Å²) in [7, 11) is 0. The average Bonchev–Trinajstić information content (AvgIpc) is 2.70. The van der Waals surface area contributed by atoms with E-state index in [1.165, 1.54) is 19.3 Å². The predicted molar refractivity (Wildman–Crippen MR) is 104 cm³/mol. The van der Waals surface area contributed by atoms with E-state index in [-0.39, 0.29) is 24.5 Å². The summed E-state index contributed by atoms with van der Waals surface area (Å²) in [5.41, 5.74) is 1.95. The second-order valence-corrected chi connectivity index (χ2v) is 7.42. The molecular formula is C21H30N2O4. The molecule has 1 aliphatic carbocycles. The lowest BCUT2D eigenvalue weighted by Crippen LogP contribution is -2.43. The van der Waals surface area contributed by atoms with Crippen LogP contribution in [0.1, 0.15) is 56.9 Å². The molecule has 1 aromatic rings. The summed E-state index contributed by atoms with van der Waals surface area (Å²) in [4.78, 5) is 25.9. The molecule has 0 spiro atoms. The Labute approximate surface area is 160 Å². The minimum absolute atomic E-state index is 0.0183. The SMILES string of the molecule is O=C1CCc2cc(OCCCC(=O)N(CCO)C3CCCCC3)ccc2N1. The van der Waals surface area contributed by atoms with Crippen LogP contribution in [0.3, 0.4) is 0 Å². The van der Waals surface area contributed by atoms with Crippen LogP contribution in [-0.4, -0.2) is 47.6 Å².